The lowest BCUT2D eigenvalue weighted by atomic mass is 10.1. The number of benzene rings is 3. The third-order valence-corrected chi connectivity index (χ3v) is 5.28. The van der Waals surface area contributed by atoms with Crippen LogP contribution in [0.4, 0.5) is 11.4 Å². The lowest BCUT2D eigenvalue weighted by Crippen LogP contribution is -2.28. The van der Waals surface area contributed by atoms with E-state index in [0.717, 1.165) is 22.6 Å². The summed E-state index contributed by atoms with van der Waals surface area (Å²) in [4.78, 5) is 26.8. The summed E-state index contributed by atoms with van der Waals surface area (Å²) >= 11 is 0. The number of nitrogens with zero attached hydrogens (tertiary/aromatic N) is 1. The van der Waals surface area contributed by atoms with Crippen LogP contribution in [0, 0.1) is 19.8 Å². The van der Waals surface area contributed by atoms with Crippen LogP contribution in [0.25, 0.3) is 0 Å². The van der Waals surface area contributed by atoms with Crippen molar-refractivity contribution in [2.24, 2.45) is 5.92 Å². The monoisotopic (exact) mass is 400 g/mol. The number of nitrogens with one attached hydrogen (secondary N) is 1. The average Bonchev–Trinajstić information content (AvgIpc) is 3.13. The number of hydrogen-bond donors (Lipinski definition) is 1. The minimum Gasteiger partial charge on any atom is -0.457 e. The Kier molecular flexibility index (Phi) is 5.53. The van der Waals surface area contributed by atoms with Gasteiger partial charge >= 0.3 is 0 Å². The van der Waals surface area contributed by atoms with Gasteiger partial charge in [-0.15, -0.1) is 0 Å². The van der Waals surface area contributed by atoms with Crippen LogP contribution in [0.5, 0.6) is 11.5 Å². The molecular weight excluding hydrogens is 376 g/mol. The van der Waals surface area contributed by atoms with Crippen LogP contribution in [0.1, 0.15) is 17.5 Å². The van der Waals surface area contributed by atoms with Crippen LogP contribution in [0.3, 0.4) is 0 Å². The van der Waals surface area contributed by atoms with Crippen molar-refractivity contribution in [3.05, 3.63) is 83.9 Å². The first kappa shape index (κ1) is 19.7. The Balaban J connectivity index is 1.37. The third-order valence-electron chi connectivity index (χ3n) is 5.28. The number of hydrogen-bond acceptors (Lipinski definition) is 3. The zero-order valence-corrected chi connectivity index (χ0v) is 17.1. The van der Waals surface area contributed by atoms with Crippen molar-refractivity contribution in [3.8, 4) is 11.5 Å². The van der Waals surface area contributed by atoms with E-state index in [2.05, 4.69) is 5.32 Å². The van der Waals surface area contributed by atoms with Gasteiger partial charge in [0.2, 0.25) is 11.8 Å². The van der Waals surface area contributed by atoms with Crippen molar-refractivity contribution in [3.63, 3.8) is 0 Å². The molecule has 0 aliphatic carbocycles. The topological polar surface area (TPSA) is 58.6 Å². The molecule has 1 atom stereocenters. The SMILES string of the molecule is Cc1ccc(N2C[C@@H](C(=O)Nc3ccc(Oc4ccccc4C)cc3)CC2=O)cc1. The highest BCUT2D eigenvalue weighted by Gasteiger charge is 2.35. The Morgan fingerprint density at radius 3 is 2.37 bits per heavy atom. The van der Waals surface area contributed by atoms with Crippen molar-refractivity contribution < 1.29 is 14.3 Å². The van der Waals surface area contributed by atoms with Crippen molar-refractivity contribution in [2.75, 3.05) is 16.8 Å². The van der Waals surface area contributed by atoms with Gasteiger partial charge in [0.1, 0.15) is 11.5 Å². The average molecular weight is 400 g/mol. The molecule has 0 radical (unpaired) electrons. The molecule has 2 amide bonds. The van der Waals surface area contributed by atoms with Crippen molar-refractivity contribution >= 4 is 23.2 Å². The van der Waals surface area contributed by atoms with E-state index in [4.69, 9.17) is 4.74 Å². The molecule has 0 unspecified atom stereocenters. The minimum atomic E-state index is -0.373. The number of ether oxygens (including phenoxy) is 1. The smallest absolute Gasteiger partial charge is 0.229 e. The van der Waals surface area contributed by atoms with E-state index in [9.17, 15) is 9.59 Å². The van der Waals surface area contributed by atoms with Gasteiger partial charge in [-0.25, -0.2) is 0 Å². The van der Waals surface area contributed by atoms with Crippen LogP contribution in [-0.2, 0) is 9.59 Å². The fraction of sp³-hybridized carbons (Fsp3) is 0.200. The first-order valence-electron chi connectivity index (χ1n) is 10.0. The molecule has 1 fully saturated rings. The minimum absolute atomic E-state index is 0.0269. The highest BCUT2D eigenvalue weighted by Crippen LogP contribution is 2.28. The van der Waals surface area contributed by atoms with Gasteiger partial charge in [-0.3, -0.25) is 9.59 Å². The van der Waals surface area contributed by atoms with Gasteiger partial charge in [0.25, 0.3) is 0 Å². The Labute approximate surface area is 176 Å². The summed E-state index contributed by atoms with van der Waals surface area (Å²) in [6, 6.07) is 22.8. The fourth-order valence-electron chi connectivity index (χ4n) is 3.51. The van der Waals surface area contributed by atoms with E-state index in [1.54, 1.807) is 17.0 Å². The first-order chi connectivity index (χ1) is 14.5. The second-order valence-corrected chi connectivity index (χ2v) is 7.62. The summed E-state index contributed by atoms with van der Waals surface area (Å²) in [7, 11) is 0. The molecule has 5 nitrogen and oxygen atoms in total. The lowest BCUT2D eigenvalue weighted by Gasteiger charge is -2.17. The number of anilines is 2. The Bertz CT molecular complexity index is 1060. The number of rotatable bonds is 5. The summed E-state index contributed by atoms with van der Waals surface area (Å²) in [5, 5.41) is 2.91. The molecule has 0 bridgehead atoms. The second kappa shape index (κ2) is 8.41. The van der Waals surface area contributed by atoms with Gasteiger partial charge in [0.05, 0.1) is 5.92 Å². The quantitative estimate of drug-likeness (QED) is 0.649. The Morgan fingerprint density at radius 1 is 0.967 bits per heavy atom. The molecule has 4 rings (SSSR count). The van der Waals surface area contributed by atoms with Gasteiger partial charge in [0, 0.05) is 24.3 Å². The molecule has 0 aromatic heterocycles. The standard InChI is InChI=1S/C25H24N2O3/c1-17-7-11-21(12-8-17)27-16-19(15-24(27)28)25(29)26-20-9-13-22(14-10-20)30-23-6-4-3-5-18(23)2/h3-14,19H,15-16H2,1-2H3,(H,26,29)/t19-/m0/s1. The Hall–Kier alpha value is -3.60. The molecule has 0 saturated carbocycles. The molecule has 1 N–H and O–H groups in total. The third kappa shape index (κ3) is 4.35. The predicted octanol–water partition coefficient (Wildman–Crippen LogP) is 5.09. The fourth-order valence-corrected chi connectivity index (χ4v) is 3.51. The summed E-state index contributed by atoms with van der Waals surface area (Å²) < 4.78 is 5.89. The van der Waals surface area contributed by atoms with Gasteiger partial charge < -0.3 is 15.0 Å². The molecule has 5 heteroatoms. The van der Waals surface area contributed by atoms with Crippen LogP contribution < -0.4 is 15.0 Å². The van der Waals surface area contributed by atoms with E-state index >= 15 is 0 Å². The highest BCUT2D eigenvalue weighted by molar-refractivity contribution is 6.03. The van der Waals surface area contributed by atoms with E-state index < -0.39 is 0 Å². The zero-order valence-electron chi connectivity index (χ0n) is 17.1. The number of carbonyl (C=O) groups excluding carboxylic acids is 2. The largest absolute Gasteiger partial charge is 0.457 e. The van der Waals surface area contributed by atoms with Crippen molar-refractivity contribution in [1.29, 1.82) is 0 Å². The summed E-state index contributed by atoms with van der Waals surface area (Å²) in [6.07, 6.45) is 0.216. The molecular formula is C25H24N2O3. The first-order valence-corrected chi connectivity index (χ1v) is 10.0. The molecule has 152 valence electrons. The molecule has 1 aliphatic heterocycles. The maximum absolute atomic E-state index is 12.7. The summed E-state index contributed by atoms with van der Waals surface area (Å²) in [5.41, 5.74) is 3.70. The van der Waals surface area contributed by atoms with E-state index in [1.165, 1.54) is 0 Å². The molecule has 30 heavy (non-hydrogen) atoms. The molecule has 1 saturated heterocycles. The van der Waals surface area contributed by atoms with Crippen LogP contribution in [-0.4, -0.2) is 18.4 Å². The number of para-hydroxylation sites is 1. The maximum Gasteiger partial charge on any atom is 0.229 e. The predicted molar refractivity (Wildman–Crippen MR) is 118 cm³/mol. The summed E-state index contributed by atoms with van der Waals surface area (Å²) in [6.45, 7) is 4.39. The molecule has 3 aromatic rings. The van der Waals surface area contributed by atoms with Crippen molar-refractivity contribution in [2.45, 2.75) is 20.3 Å². The van der Waals surface area contributed by atoms with E-state index in [-0.39, 0.29) is 24.2 Å². The number of carbonyl (C=O) groups is 2. The summed E-state index contributed by atoms with van der Waals surface area (Å²) in [5.74, 6) is 0.951. The van der Waals surface area contributed by atoms with Gasteiger partial charge in [-0.05, 0) is 61.9 Å². The Morgan fingerprint density at radius 2 is 1.67 bits per heavy atom. The van der Waals surface area contributed by atoms with Gasteiger partial charge in [-0.1, -0.05) is 35.9 Å². The molecule has 3 aromatic carbocycles. The van der Waals surface area contributed by atoms with Crippen molar-refractivity contribution in [1.82, 2.24) is 0 Å². The van der Waals surface area contributed by atoms with Gasteiger partial charge in [-0.2, -0.15) is 0 Å². The van der Waals surface area contributed by atoms with Crippen LogP contribution >= 0.6 is 0 Å². The number of amides is 2. The molecule has 0 spiro atoms. The normalized spacial score (nSPS) is 15.9. The lowest BCUT2D eigenvalue weighted by molar-refractivity contribution is -0.122. The zero-order chi connectivity index (χ0) is 21.1. The van der Waals surface area contributed by atoms with Crippen LogP contribution in [0.15, 0.2) is 72.8 Å². The van der Waals surface area contributed by atoms with Crippen LogP contribution in [0.2, 0.25) is 0 Å². The molecule has 1 heterocycles. The van der Waals surface area contributed by atoms with E-state index in [0.29, 0.717) is 18.0 Å². The maximum atomic E-state index is 12.7. The van der Waals surface area contributed by atoms with E-state index in [1.807, 2.05) is 74.5 Å². The van der Waals surface area contributed by atoms with Gasteiger partial charge in [0.15, 0.2) is 0 Å². The highest BCUT2D eigenvalue weighted by atomic mass is 16.5. The number of aryl methyl sites for hydroxylation is 2. The second-order valence-electron chi connectivity index (χ2n) is 7.62. The molecule has 1 aliphatic rings.